The zero-order valence-corrected chi connectivity index (χ0v) is 31.3. The Balaban J connectivity index is 1.23. The number of anilines is 3. The monoisotopic (exact) mass is 794 g/mol. The van der Waals surface area contributed by atoms with Gasteiger partial charge in [-0.1, -0.05) is 5.16 Å². The number of hydrogen-bond acceptors (Lipinski definition) is 11. The molecule has 3 heterocycles. The Labute approximate surface area is 293 Å². The van der Waals surface area contributed by atoms with Crippen molar-refractivity contribution in [2.45, 2.75) is 75.3 Å². The van der Waals surface area contributed by atoms with E-state index in [1.54, 1.807) is 21.3 Å². The molecule has 0 bridgehead atoms. The summed E-state index contributed by atoms with van der Waals surface area (Å²) in [5.41, 5.74) is 2.94. The lowest BCUT2D eigenvalue weighted by molar-refractivity contribution is 0.00944. The van der Waals surface area contributed by atoms with Crippen LogP contribution in [0.3, 0.4) is 0 Å². The molecule has 47 heavy (non-hydrogen) atoms. The average molecular weight is 795 g/mol. The molecule has 0 radical (unpaired) electrons. The molecule has 15 heteroatoms. The maximum atomic E-state index is 13.1. The quantitative estimate of drug-likeness (QED) is 0.0859. The summed E-state index contributed by atoms with van der Waals surface area (Å²) in [6, 6.07) is 9.66. The lowest BCUT2D eigenvalue weighted by Gasteiger charge is -2.37. The number of methoxy groups -OCH3 is 3. The maximum absolute atomic E-state index is 13.1. The van der Waals surface area contributed by atoms with Crippen molar-refractivity contribution in [3.05, 3.63) is 41.6 Å². The predicted octanol–water partition coefficient (Wildman–Crippen LogP) is 9.04. The molecular weight excluding hydrogens is 754 g/mol. The Morgan fingerprint density at radius 3 is 2.38 bits per heavy atom. The highest BCUT2D eigenvalue weighted by atomic mass is 127. The van der Waals surface area contributed by atoms with E-state index in [-0.39, 0.29) is 12.1 Å². The molecular formula is C32H40IN6O6PS. The second kappa shape index (κ2) is 14.2. The molecule has 252 valence electrons. The summed E-state index contributed by atoms with van der Waals surface area (Å²) in [5, 5.41) is 13.2. The van der Waals surface area contributed by atoms with Crippen molar-refractivity contribution in [1.29, 1.82) is 0 Å². The third kappa shape index (κ3) is 7.49. The highest BCUT2D eigenvalue weighted by molar-refractivity contribution is 14.2. The number of piperidine rings is 1. The molecule has 2 aliphatic rings. The molecule has 2 aromatic heterocycles. The Bertz CT molecular complexity index is 1730. The molecule has 0 spiro atoms. The first-order valence-electron chi connectivity index (χ1n) is 15.5. The number of ether oxygens (including phenoxy) is 4. The van der Waals surface area contributed by atoms with Crippen LogP contribution in [0.5, 0.6) is 17.2 Å². The standard InChI is InChI=1S/C32H40IN6O6PS/c1-32(2,3)44-31(40)38-12-8-7-9-22(38)19-13-26(42-5)29(27(14-19)43-6)47-37-30-20-15-25(41-4)21(16-24(20)45-36-30)34-28-17-23(18-10-11-18)39(35-28)46-33/h13-18,22,46H,7-12H2,1-6H3,(H,34,35)(H,36,37). The SMILES string of the molecule is COc1cc2c(NSc3c(OC)cc(C4CCCCN4C(=O)OC(C)(C)C)cc3OC)noc2cc1Nc1cc(C2CC2)n(PI)n1. The van der Waals surface area contributed by atoms with Crippen molar-refractivity contribution < 1.29 is 28.3 Å². The molecule has 1 aliphatic heterocycles. The minimum atomic E-state index is -0.577. The lowest BCUT2D eigenvalue weighted by Crippen LogP contribution is -2.41. The van der Waals surface area contributed by atoms with Gasteiger partial charge in [-0.25, -0.2) is 9.25 Å². The van der Waals surface area contributed by atoms with Crippen molar-refractivity contribution in [3.8, 4) is 17.2 Å². The van der Waals surface area contributed by atoms with E-state index in [9.17, 15) is 4.79 Å². The van der Waals surface area contributed by atoms with E-state index in [4.69, 9.17) is 28.6 Å². The molecule has 2 atom stereocenters. The van der Waals surface area contributed by atoms with E-state index in [0.29, 0.717) is 47.5 Å². The van der Waals surface area contributed by atoms with Crippen LogP contribution in [-0.2, 0) is 4.74 Å². The Morgan fingerprint density at radius 1 is 1.02 bits per heavy atom. The summed E-state index contributed by atoms with van der Waals surface area (Å²) < 4.78 is 34.3. The minimum Gasteiger partial charge on any atom is -0.495 e. The van der Waals surface area contributed by atoms with Gasteiger partial charge in [0.05, 0.1) is 44.8 Å². The van der Waals surface area contributed by atoms with Crippen molar-refractivity contribution in [2.75, 3.05) is 37.9 Å². The summed E-state index contributed by atoms with van der Waals surface area (Å²) in [5.74, 6) is 3.75. The van der Waals surface area contributed by atoms with E-state index < -0.39 is 5.60 Å². The fourth-order valence-electron chi connectivity index (χ4n) is 5.75. The number of fused-ring (bicyclic) bond motifs is 1. The van der Waals surface area contributed by atoms with Gasteiger partial charge < -0.3 is 38.4 Å². The normalized spacial score (nSPS) is 16.9. The van der Waals surface area contributed by atoms with Crippen molar-refractivity contribution >= 4 is 74.7 Å². The molecule has 12 nitrogen and oxygen atoms in total. The van der Waals surface area contributed by atoms with E-state index >= 15 is 0 Å². The Morgan fingerprint density at radius 2 is 1.74 bits per heavy atom. The molecule has 2 N–H and O–H groups in total. The van der Waals surface area contributed by atoms with E-state index in [1.807, 2.05) is 49.9 Å². The third-order valence-corrected chi connectivity index (χ3v) is 10.9. The highest BCUT2D eigenvalue weighted by Gasteiger charge is 2.33. The summed E-state index contributed by atoms with van der Waals surface area (Å²) in [4.78, 5) is 15.7. The van der Waals surface area contributed by atoms with Crippen LogP contribution >= 0.6 is 40.4 Å². The fraction of sp³-hybridized carbons (Fsp3) is 0.469. The summed E-state index contributed by atoms with van der Waals surface area (Å²) in [6.07, 6.45) is 5.41. The molecule has 6 rings (SSSR count). The van der Waals surface area contributed by atoms with E-state index in [0.717, 1.165) is 46.6 Å². The smallest absolute Gasteiger partial charge is 0.410 e. The van der Waals surface area contributed by atoms with Crippen LogP contribution in [0.2, 0.25) is 0 Å². The fourth-order valence-corrected chi connectivity index (χ4v) is 8.23. The number of halogens is 1. The van der Waals surface area contributed by atoms with Gasteiger partial charge in [-0.3, -0.25) is 0 Å². The number of nitrogens with one attached hydrogen (secondary N) is 2. The van der Waals surface area contributed by atoms with Crippen LogP contribution < -0.4 is 24.2 Å². The number of carbonyl (C=O) groups is 1. The summed E-state index contributed by atoms with van der Waals surface area (Å²) >= 11 is 3.67. The van der Waals surface area contributed by atoms with Gasteiger partial charge in [0.2, 0.25) is 0 Å². The molecule has 1 saturated carbocycles. The minimum absolute atomic E-state index is 0.154. The van der Waals surface area contributed by atoms with Crippen LogP contribution in [-0.4, -0.2) is 59.2 Å². The van der Waals surface area contributed by atoms with Crippen molar-refractivity contribution in [3.63, 3.8) is 0 Å². The van der Waals surface area contributed by atoms with Gasteiger partial charge in [0.25, 0.3) is 0 Å². The molecule has 2 aromatic carbocycles. The number of benzene rings is 2. The van der Waals surface area contributed by atoms with Crippen LogP contribution in [0.1, 0.15) is 76.1 Å². The third-order valence-electron chi connectivity index (χ3n) is 8.12. The number of nitrogens with zero attached hydrogens (tertiary/aromatic N) is 4. The molecule has 1 saturated heterocycles. The van der Waals surface area contributed by atoms with Crippen molar-refractivity contribution in [1.82, 2.24) is 19.6 Å². The molecule has 4 aromatic rings. The Kier molecular flexibility index (Phi) is 10.2. The largest absolute Gasteiger partial charge is 0.495 e. The second-order valence-corrected chi connectivity index (χ2v) is 15.4. The van der Waals surface area contributed by atoms with Gasteiger partial charge in [-0.05, 0) is 111 Å². The topological polar surface area (TPSA) is 125 Å². The second-order valence-electron chi connectivity index (χ2n) is 12.6. The van der Waals surface area contributed by atoms with E-state index in [1.165, 1.54) is 30.5 Å². The zero-order chi connectivity index (χ0) is 33.3. The number of likely N-dealkylation sites (tertiary alicyclic amines) is 1. The van der Waals surface area contributed by atoms with Gasteiger partial charge in [-0.15, -0.1) is 0 Å². The van der Waals surface area contributed by atoms with Crippen LogP contribution in [0.25, 0.3) is 11.0 Å². The maximum Gasteiger partial charge on any atom is 0.410 e. The first-order valence-corrected chi connectivity index (χ1v) is 20.4. The molecule has 1 amide bonds. The molecule has 1 aliphatic carbocycles. The van der Waals surface area contributed by atoms with Crippen molar-refractivity contribution in [2.24, 2.45) is 0 Å². The number of hydrogen-bond donors (Lipinski definition) is 2. The van der Waals surface area contributed by atoms with Gasteiger partial charge in [-0.2, -0.15) is 5.10 Å². The van der Waals surface area contributed by atoms with Crippen LogP contribution in [0.4, 0.5) is 22.1 Å². The average Bonchev–Trinajstić information content (AvgIpc) is 3.71. The summed E-state index contributed by atoms with van der Waals surface area (Å²) in [7, 11) is 4.88. The van der Waals surface area contributed by atoms with Gasteiger partial charge in [0.1, 0.15) is 27.7 Å². The van der Waals surface area contributed by atoms with Gasteiger partial charge >= 0.3 is 6.09 Å². The predicted molar refractivity (Wildman–Crippen MR) is 194 cm³/mol. The number of amides is 1. The lowest BCUT2D eigenvalue weighted by atomic mass is 9.95. The highest BCUT2D eigenvalue weighted by Crippen LogP contribution is 2.46. The first-order chi connectivity index (χ1) is 22.6. The number of carbonyl (C=O) groups excluding carboxylic acids is 1. The Hall–Kier alpha value is -3.10. The number of aromatic nitrogens is 3. The molecule has 2 fully saturated rings. The van der Waals surface area contributed by atoms with E-state index in [2.05, 4.69) is 47.8 Å². The first kappa shape index (κ1) is 33.8. The van der Waals surface area contributed by atoms with Crippen LogP contribution in [0.15, 0.2) is 39.8 Å². The number of rotatable bonds is 11. The zero-order valence-electron chi connectivity index (χ0n) is 27.3. The van der Waals surface area contributed by atoms with Crippen LogP contribution in [0, 0.1) is 0 Å². The van der Waals surface area contributed by atoms with Gasteiger partial charge in [0.15, 0.2) is 17.2 Å². The van der Waals surface area contributed by atoms with Gasteiger partial charge in [0, 0.05) is 30.3 Å². The summed E-state index contributed by atoms with van der Waals surface area (Å²) in [6.45, 7) is 6.27. The molecule has 2 unspecified atom stereocenters.